The average Bonchev–Trinajstić information content (AvgIpc) is 2.82. The van der Waals surface area contributed by atoms with Gasteiger partial charge in [0, 0.05) is 37.4 Å². The molecule has 0 aromatic carbocycles. The van der Waals surface area contributed by atoms with Crippen LogP contribution in [0.15, 0.2) is 6.20 Å². The Kier molecular flexibility index (Phi) is 3.61. The van der Waals surface area contributed by atoms with Gasteiger partial charge >= 0.3 is 0 Å². The molecule has 1 unspecified atom stereocenters. The van der Waals surface area contributed by atoms with Gasteiger partial charge in [-0.05, 0) is 33.4 Å². The Labute approximate surface area is 97.6 Å². The van der Waals surface area contributed by atoms with E-state index < -0.39 is 0 Å². The summed E-state index contributed by atoms with van der Waals surface area (Å²) in [5.74, 6) is 0. The van der Waals surface area contributed by atoms with Gasteiger partial charge in [-0.1, -0.05) is 0 Å². The predicted octanol–water partition coefficient (Wildman–Crippen LogP) is 0.912. The van der Waals surface area contributed by atoms with Crippen LogP contribution < -0.4 is 5.32 Å². The highest BCUT2D eigenvalue weighted by Gasteiger charge is 2.24. The zero-order chi connectivity index (χ0) is 11.5. The van der Waals surface area contributed by atoms with Crippen molar-refractivity contribution in [3.8, 4) is 0 Å². The lowest BCUT2D eigenvalue weighted by molar-refractivity contribution is 0.242. The fraction of sp³-hybridized carbons (Fsp3) is 0.750. The SMILES string of the molecule is CNCC1CCCN1Cc1cnn(C)c1C. The Morgan fingerprint density at radius 3 is 3.00 bits per heavy atom. The molecule has 1 aliphatic rings. The van der Waals surface area contributed by atoms with E-state index in [0.29, 0.717) is 6.04 Å². The van der Waals surface area contributed by atoms with E-state index in [4.69, 9.17) is 0 Å². The van der Waals surface area contributed by atoms with E-state index in [1.807, 2.05) is 25.0 Å². The molecule has 4 heteroatoms. The molecule has 0 saturated carbocycles. The summed E-state index contributed by atoms with van der Waals surface area (Å²) in [4.78, 5) is 2.57. The van der Waals surface area contributed by atoms with Gasteiger partial charge in [0.1, 0.15) is 0 Å². The van der Waals surface area contributed by atoms with Crippen LogP contribution in [-0.4, -0.2) is 40.9 Å². The number of likely N-dealkylation sites (tertiary alicyclic amines) is 1. The summed E-state index contributed by atoms with van der Waals surface area (Å²) < 4.78 is 1.96. The van der Waals surface area contributed by atoms with Crippen molar-refractivity contribution < 1.29 is 0 Å². The average molecular weight is 222 g/mol. The molecule has 1 saturated heterocycles. The highest BCUT2D eigenvalue weighted by Crippen LogP contribution is 2.20. The minimum absolute atomic E-state index is 0.699. The molecule has 1 fully saturated rings. The van der Waals surface area contributed by atoms with Crippen molar-refractivity contribution in [2.24, 2.45) is 7.05 Å². The first-order valence-electron chi connectivity index (χ1n) is 6.08. The maximum atomic E-state index is 4.30. The molecular formula is C12H22N4. The second-order valence-electron chi connectivity index (χ2n) is 4.70. The number of likely N-dealkylation sites (N-methyl/N-ethyl adjacent to an activating group) is 1. The molecule has 2 rings (SSSR count). The van der Waals surface area contributed by atoms with Crippen LogP contribution in [0.25, 0.3) is 0 Å². The molecule has 4 nitrogen and oxygen atoms in total. The van der Waals surface area contributed by atoms with Crippen molar-refractivity contribution in [2.75, 3.05) is 20.1 Å². The molecule has 1 N–H and O–H groups in total. The van der Waals surface area contributed by atoms with Gasteiger partial charge in [0.15, 0.2) is 0 Å². The predicted molar refractivity (Wildman–Crippen MR) is 65.3 cm³/mol. The summed E-state index contributed by atoms with van der Waals surface area (Å²) in [6, 6.07) is 0.699. The highest BCUT2D eigenvalue weighted by molar-refractivity contribution is 5.16. The monoisotopic (exact) mass is 222 g/mol. The molecular weight excluding hydrogens is 200 g/mol. The van der Waals surface area contributed by atoms with Crippen LogP contribution in [0.1, 0.15) is 24.1 Å². The summed E-state index contributed by atoms with van der Waals surface area (Å²) in [6.07, 6.45) is 4.65. The van der Waals surface area contributed by atoms with Gasteiger partial charge in [-0.3, -0.25) is 9.58 Å². The van der Waals surface area contributed by atoms with Crippen molar-refractivity contribution in [1.29, 1.82) is 0 Å². The first-order chi connectivity index (χ1) is 7.72. The minimum Gasteiger partial charge on any atom is -0.318 e. The van der Waals surface area contributed by atoms with E-state index in [0.717, 1.165) is 13.1 Å². The third kappa shape index (κ3) is 2.28. The third-order valence-electron chi connectivity index (χ3n) is 3.65. The number of aryl methyl sites for hydroxylation is 1. The molecule has 2 heterocycles. The number of rotatable bonds is 4. The lowest BCUT2D eigenvalue weighted by Crippen LogP contribution is -2.36. The third-order valence-corrected chi connectivity index (χ3v) is 3.65. The van der Waals surface area contributed by atoms with E-state index in [2.05, 4.69) is 22.2 Å². The first-order valence-corrected chi connectivity index (χ1v) is 6.08. The first kappa shape index (κ1) is 11.6. The molecule has 0 radical (unpaired) electrons. The van der Waals surface area contributed by atoms with Gasteiger partial charge in [-0.25, -0.2) is 0 Å². The number of nitrogens with zero attached hydrogens (tertiary/aromatic N) is 3. The second-order valence-corrected chi connectivity index (χ2v) is 4.70. The van der Waals surface area contributed by atoms with Gasteiger partial charge < -0.3 is 5.32 Å². The van der Waals surface area contributed by atoms with E-state index >= 15 is 0 Å². The summed E-state index contributed by atoms with van der Waals surface area (Å²) in [5, 5.41) is 7.59. The number of hydrogen-bond acceptors (Lipinski definition) is 3. The van der Waals surface area contributed by atoms with Crippen LogP contribution in [0.3, 0.4) is 0 Å². The molecule has 0 bridgehead atoms. The lowest BCUT2D eigenvalue weighted by Gasteiger charge is -2.23. The summed E-state index contributed by atoms with van der Waals surface area (Å²) in [5.41, 5.74) is 2.65. The highest BCUT2D eigenvalue weighted by atomic mass is 15.3. The van der Waals surface area contributed by atoms with Crippen molar-refractivity contribution in [3.05, 3.63) is 17.5 Å². The Morgan fingerprint density at radius 2 is 2.38 bits per heavy atom. The van der Waals surface area contributed by atoms with Gasteiger partial charge in [0.2, 0.25) is 0 Å². The molecule has 1 atom stereocenters. The fourth-order valence-electron chi connectivity index (χ4n) is 2.49. The van der Waals surface area contributed by atoms with Crippen molar-refractivity contribution in [3.63, 3.8) is 0 Å². The van der Waals surface area contributed by atoms with Crippen molar-refractivity contribution in [2.45, 2.75) is 32.4 Å². The van der Waals surface area contributed by atoms with E-state index in [1.165, 1.54) is 30.6 Å². The summed E-state index contributed by atoms with van der Waals surface area (Å²) >= 11 is 0. The second kappa shape index (κ2) is 4.97. The number of nitrogens with one attached hydrogen (secondary N) is 1. The number of aromatic nitrogens is 2. The van der Waals surface area contributed by atoms with E-state index in [9.17, 15) is 0 Å². The van der Waals surface area contributed by atoms with Crippen molar-refractivity contribution >= 4 is 0 Å². The van der Waals surface area contributed by atoms with E-state index in [-0.39, 0.29) is 0 Å². The molecule has 1 aliphatic heterocycles. The van der Waals surface area contributed by atoms with Gasteiger partial charge in [-0.2, -0.15) is 5.10 Å². The molecule has 0 amide bonds. The number of hydrogen-bond donors (Lipinski definition) is 1. The van der Waals surface area contributed by atoms with Gasteiger partial charge in [0.05, 0.1) is 6.20 Å². The smallest absolute Gasteiger partial charge is 0.0537 e. The van der Waals surface area contributed by atoms with Crippen LogP contribution >= 0.6 is 0 Å². The summed E-state index contributed by atoms with van der Waals surface area (Å²) in [6.45, 7) is 5.51. The zero-order valence-electron chi connectivity index (χ0n) is 10.5. The van der Waals surface area contributed by atoms with E-state index in [1.54, 1.807) is 0 Å². The Balaban J connectivity index is 2.01. The Morgan fingerprint density at radius 1 is 1.56 bits per heavy atom. The lowest BCUT2D eigenvalue weighted by atomic mass is 10.2. The van der Waals surface area contributed by atoms with Crippen LogP contribution in [0.5, 0.6) is 0 Å². The zero-order valence-corrected chi connectivity index (χ0v) is 10.5. The quantitative estimate of drug-likeness (QED) is 0.822. The summed E-state index contributed by atoms with van der Waals surface area (Å²) in [7, 11) is 4.04. The molecule has 1 aromatic rings. The van der Waals surface area contributed by atoms with Gasteiger partial charge in [-0.15, -0.1) is 0 Å². The van der Waals surface area contributed by atoms with Crippen molar-refractivity contribution in [1.82, 2.24) is 20.0 Å². The largest absolute Gasteiger partial charge is 0.318 e. The maximum absolute atomic E-state index is 4.30. The normalized spacial score (nSPS) is 21.8. The minimum atomic E-state index is 0.699. The van der Waals surface area contributed by atoms with Gasteiger partial charge in [0.25, 0.3) is 0 Å². The molecule has 0 aliphatic carbocycles. The maximum Gasteiger partial charge on any atom is 0.0537 e. The van der Waals surface area contributed by atoms with Crippen LogP contribution in [-0.2, 0) is 13.6 Å². The van der Waals surface area contributed by atoms with Crippen LogP contribution in [0.2, 0.25) is 0 Å². The molecule has 1 aromatic heterocycles. The van der Waals surface area contributed by atoms with Crippen LogP contribution in [0, 0.1) is 6.92 Å². The molecule has 0 spiro atoms. The topological polar surface area (TPSA) is 33.1 Å². The molecule has 16 heavy (non-hydrogen) atoms. The fourth-order valence-corrected chi connectivity index (χ4v) is 2.49. The Bertz CT molecular complexity index is 345. The van der Waals surface area contributed by atoms with Crippen LogP contribution in [0.4, 0.5) is 0 Å². The standard InChI is InChI=1S/C12H22N4/c1-10-11(7-14-15(10)3)9-16-6-4-5-12(16)8-13-2/h7,12-13H,4-6,8-9H2,1-3H3. The Hall–Kier alpha value is -0.870. The molecule has 90 valence electrons.